The molecule has 3 heterocycles. The van der Waals surface area contributed by atoms with Gasteiger partial charge in [0.05, 0.1) is 32.5 Å². The number of ether oxygens (including phenoxy) is 2. The molecule has 3 rings (SSSR count). The normalized spacial score (nSPS) is 16.3. The smallest absolute Gasteiger partial charge is 0.458 e. The molecular weight excluding hydrogens is 487 g/mol. The number of aromatic nitrogens is 2. The number of rotatable bonds is 5. The highest BCUT2D eigenvalue weighted by Crippen LogP contribution is 2.37. The summed E-state index contributed by atoms with van der Waals surface area (Å²) in [5.41, 5.74) is 1.23. The Morgan fingerprint density at radius 3 is 1.75 bits per heavy atom. The first-order valence-electron chi connectivity index (χ1n) is 9.93. The highest BCUT2D eigenvalue weighted by Gasteiger charge is 2.53. The van der Waals surface area contributed by atoms with Crippen molar-refractivity contribution >= 4 is 40.4 Å². The third-order valence-corrected chi connectivity index (χ3v) is 6.16. The van der Waals surface area contributed by atoms with E-state index in [9.17, 15) is 9.59 Å². The summed E-state index contributed by atoms with van der Waals surface area (Å²) in [5, 5.41) is 7.59. The van der Waals surface area contributed by atoms with Crippen LogP contribution >= 0.6 is 15.9 Å². The maximum Gasteiger partial charge on any atom is 0.500 e. The molecule has 1 fully saturated rings. The van der Waals surface area contributed by atoms with Crippen LogP contribution in [-0.2, 0) is 41.6 Å². The van der Waals surface area contributed by atoms with Crippen molar-refractivity contribution in [1.29, 1.82) is 0 Å². The lowest BCUT2D eigenvalue weighted by molar-refractivity contribution is -0.143. The standard InChI is InChI=1S/C13H20BNO5.C7H8BrNO3/c1-8-11(10(18-15-8)7-17-9(2)16)14-19-12(3,4)13(5,6)20-14;1-4-7(8)6(12-9-4)3-11-5(2)10/h7H2,1-6H3;3H2,1-2H3. The molecule has 0 spiro atoms. The SMILES string of the molecule is CC(=O)OCc1onc(C)c1B1OC(C)(C)C(C)(C)O1.CC(=O)OCc1onc(C)c1Br. The summed E-state index contributed by atoms with van der Waals surface area (Å²) in [4.78, 5) is 21.4. The molecule has 10 nitrogen and oxygen atoms in total. The molecule has 12 heteroatoms. The van der Waals surface area contributed by atoms with E-state index in [1.165, 1.54) is 13.8 Å². The van der Waals surface area contributed by atoms with Crippen molar-refractivity contribution in [3.63, 3.8) is 0 Å². The van der Waals surface area contributed by atoms with Gasteiger partial charge >= 0.3 is 19.1 Å². The van der Waals surface area contributed by atoms with Gasteiger partial charge in [-0.15, -0.1) is 0 Å². The molecule has 176 valence electrons. The number of hydrogen-bond donors (Lipinski definition) is 0. The van der Waals surface area contributed by atoms with Gasteiger partial charge in [0.1, 0.15) is 0 Å². The summed E-state index contributed by atoms with van der Waals surface area (Å²) in [6, 6.07) is 0. The summed E-state index contributed by atoms with van der Waals surface area (Å²) in [6.45, 7) is 14.3. The molecule has 0 radical (unpaired) electrons. The quantitative estimate of drug-likeness (QED) is 0.434. The van der Waals surface area contributed by atoms with Crippen molar-refractivity contribution < 1.29 is 37.4 Å². The second kappa shape index (κ2) is 10.2. The topological polar surface area (TPSA) is 123 Å². The minimum Gasteiger partial charge on any atom is -0.458 e. The summed E-state index contributed by atoms with van der Waals surface area (Å²) in [5.74, 6) is 0.272. The Morgan fingerprint density at radius 2 is 1.31 bits per heavy atom. The van der Waals surface area contributed by atoms with Crippen LogP contribution in [-0.4, -0.2) is 40.6 Å². The Hall–Kier alpha value is -2.18. The van der Waals surface area contributed by atoms with Gasteiger partial charge in [-0.1, -0.05) is 10.3 Å². The van der Waals surface area contributed by atoms with Gasteiger partial charge in [-0.2, -0.15) is 0 Å². The van der Waals surface area contributed by atoms with E-state index in [0.717, 1.165) is 10.2 Å². The maximum atomic E-state index is 10.9. The van der Waals surface area contributed by atoms with Gasteiger partial charge in [-0.25, -0.2) is 0 Å². The zero-order valence-corrected chi connectivity index (χ0v) is 21.1. The van der Waals surface area contributed by atoms with Crippen molar-refractivity contribution in [1.82, 2.24) is 10.3 Å². The van der Waals surface area contributed by atoms with Crippen LogP contribution in [0.3, 0.4) is 0 Å². The molecule has 0 unspecified atom stereocenters. The van der Waals surface area contributed by atoms with Crippen LogP contribution in [0, 0.1) is 13.8 Å². The lowest BCUT2D eigenvalue weighted by atomic mass is 9.77. The van der Waals surface area contributed by atoms with Crippen molar-refractivity contribution in [3.8, 4) is 0 Å². The summed E-state index contributed by atoms with van der Waals surface area (Å²) < 4.78 is 32.5. The van der Waals surface area contributed by atoms with Gasteiger partial charge in [0.2, 0.25) is 0 Å². The average molecular weight is 515 g/mol. The van der Waals surface area contributed by atoms with Gasteiger partial charge in [-0.05, 0) is 57.5 Å². The third-order valence-electron chi connectivity index (χ3n) is 5.14. The van der Waals surface area contributed by atoms with Gasteiger partial charge in [0, 0.05) is 13.8 Å². The zero-order valence-electron chi connectivity index (χ0n) is 19.5. The van der Waals surface area contributed by atoms with Gasteiger partial charge in [-0.3, -0.25) is 9.59 Å². The average Bonchev–Trinajstić information content (AvgIpc) is 3.26. The number of nitrogens with zero attached hydrogens (tertiary/aromatic N) is 2. The third kappa shape index (κ3) is 6.20. The molecular formula is C20H28BBrN2O8. The summed E-state index contributed by atoms with van der Waals surface area (Å²) in [6.07, 6.45) is 0. The fourth-order valence-corrected chi connectivity index (χ4v) is 2.88. The lowest BCUT2D eigenvalue weighted by Gasteiger charge is -2.32. The molecule has 0 saturated carbocycles. The number of esters is 2. The van der Waals surface area contributed by atoms with E-state index in [2.05, 4.69) is 26.2 Å². The van der Waals surface area contributed by atoms with Crippen LogP contribution in [0.2, 0.25) is 0 Å². The molecule has 1 aliphatic heterocycles. The Bertz CT molecular complexity index is 953. The zero-order chi connectivity index (χ0) is 24.3. The second-order valence-electron chi connectivity index (χ2n) is 8.26. The van der Waals surface area contributed by atoms with Crippen molar-refractivity contribution in [2.75, 3.05) is 0 Å². The molecule has 0 N–H and O–H groups in total. The largest absolute Gasteiger partial charge is 0.500 e. The number of carbonyl (C=O) groups excluding carboxylic acids is 2. The van der Waals surface area contributed by atoms with E-state index in [1.54, 1.807) is 13.8 Å². The van der Waals surface area contributed by atoms with E-state index in [0.29, 0.717) is 22.7 Å². The fraction of sp³-hybridized carbons (Fsp3) is 0.600. The van der Waals surface area contributed by atoms with Crippen LogP contribution in [0.25, 0.3) is 0 Å². The van der Waals surface area contributed by atoms with Crippen LogP contribution in [0.1, 0.15) is 64.5 Å². The first-order valence-corrected chi connectivity index (χ1v) is 10.7. The van der Waals surface area contributed by atoms with E-state index in [4.69, 9.17) is 27.8 Å². The van der Waals surface area contributed by atoms with Crippen LogP contribution in [0.15, 0.2) is 13.5 Å². The fourth-order valence-electron chi connectivity index (χ4n) is 2.62. The molecule has 0 bridgehead atoms. The van der Waals surface area contributed by atoms with E-state index in [-0.39, 0.29) is 25.2 Å². The van der Waals surface area contributed by atoms with Crippen molar-refractivity contribution in [2.45, 2.75) is 79.8 Å². The number of halogens is 1. The molecule has 2 aromatic heterocycles. The molecule has 0 amide bonds. The second-order valence-corrected chi connectivity index (χ2v) is 9.05. The van der Waals surface area contributed by atoms with Gasteiger partial charge < -0.3 is 27.8 Å². The first kappa shape index (κ1) is 26.1. The lowest BCUT2D eigenvalue weighted by Crippen LogP contribution is -2.41. The Kier molecular flexibility index (Phi) is 8.30. The van der Waals surface area contributed by atoms with Gasteiger partial charge in [0.25, 0.3) is 0 Å². The minimum atomic E-state index is -0.572. The van der Waals surface area contributed by atoms with E-state index < -0.39 is 18.3 Å². The van der Waals surface area contributed by atoms with Gasteiger partial charge in [0.15, 0.2) is 24.7 Å². The molecule has 0 aromatic carbocycles. The predicted molar refractivity (Wildman–Crippen MR) is 117 cm³/mol. The Labute approximate surface area is 195 Å². The van der Waals surface area contributed by atoms with E-state index in [1.807, 2.05) is 27.7 Å². The minimum absolute atomic E-state index is 0.0234. The molecule has 32 heavy (non-hydrogen) atoms. The first-order chi connectivity index (χ1) is 14.7. The monoisotopic (exact) mass is 514 g/mol. The molecule has 1 aliphatic rings. The van der Waals surface area contributed by atoms with Crippen LogP contribution < -0.4 is 5.46 Å². The molecule has 2 aromatic rings. The summed E-state index contributed by atoms with van der Waals surface area (Å²) >= 11 is 3.25. The van der Waals surface area contributed by atoms with E-state index >= 15 is 0 Å². The number of carbonyl (C=O) groups is 2. The van der Waals surface area contributed by atoms with Crippen molar-refractivity contribution in [3.05, 3.63) is 27.4 Å². The molecule has 0 aliphatic carbocycles. The summed E-state index contributed by atoms with van der Waals surface area (Å²) in [7, 11) is -0.572. The Morgan fingerprint density at radius 1 is 0.875 bits per heavy atom. The number of hydrogen-bond acceptors (Lipinski definition) is 10. The highest BCUT2D eigenvalue weighted by molar-refractivity contribution is 9.10. The highest BCUT2D eigenvalue weighted by atomic mass is 79.9. The Balaban J connectivity index is 0.000000258. The van der Waals surface area contributed by atoms with Crippen molar-refractivity contribution in [2.24, 2.45) is 0 Å². The van der Waals surface area contributed by atoms with Crippen LogP contribution in [0.5, 0.6) is 0 Å². The number of aryl methyl sites for hydroxylation is 2. The predicted octanol–water partition coefficient (Wildman–Crippen LogP) is 3.15. The maximum absolute atomic E-state index is 10.9. The molecule has 0 atom stereocenters. The van der Waals surface area contributed by atoms with Crippen LogP contribution in [0.4, 0.5) is 0 Å². The molecule has 1 saturated heterocycles.